The van der Waals surface area contributed by atoms with Crippen LogP contribution < -0.4 is 5.32 Å². The summed E-state index contributed by atoms with van der Waals surface area (Å²) in [4.78, 5) is 0. The van der Waals surface area contributed by atoms with Gasteiger partial charge < -0.3 is 10.1 Å². The molecule has 0 saturated carbocycles. The average molecular weight is 233 g/mol. The first kappa shape index (κ1) is 12.6. The highest BCUT2D eigenvalue weighted by molar-refractivity contribution is 5.15. The van der Waals surface area contributed by atoms with E-state index in [9.17, 15) is 0 Å². The lowest BCUT2D eigenvalue weighted by Crippen LogP contribution is -2.30. The molecular weight excluding hydrogens is 210 g/mol. The Morgan fingerprint density at radius 3 is 2.76 bits per heavy atom. The van der Waals surface area contributed by atoms with Crippen molar-refractivity contribution in [3.63, 3.8) is 0 Å². The molecular formula is C15H23NO. The molecule has 0 amide bonds. The largest absolute Gasteiger partial charge is 0.381 e. The molecule has 0 aliphatic carbocycles. The molecule has 1 aliphatic heterocycles. The molecule has 1 heterocycles. The van der Waals surface area contributed by atoms with E-state index >= 15 is 0 Å². The van der Waals surface area contributed by atoms with Gasteiger partial charge >= 0.3 is 0 Å². The number of hydrogen-bond acceptors (Lipinski definition) is 2. The fourth-order valence-corrected chi connectivity index (χ4v) is 2.58. The third kappa shape index (κ3) is 3.55. The van der Waals surface area contributed by atoms with Gasteiger partial charge in [0, 0.05) is 18.6 Å². The fraction of sp³-hybridized carbons (Fsp3) is 0.600. The Morgan fingerprint density at radius 2 is 2.12 bits per heavy atom. The minimum atomic E-state index is 0.367. The van der Waals surface area contributed by atoms with Crippen LogP contribution in [-0.2, 0) is 11.2 Å². The topological polar surface area (TPSA) is 21.3 Å². The van der Waals surface area contributed by atoms with Crippen molar-refractivity contribution in [2.45, 2.75) is 26.2 Å². The predicted molar refractivity (Wildman–Crippen MR) is 71.2 cm³/mol. The molecule has 1 fully saturated rings. The zero-order valence-electron chi connectivity index (χ0n) is 10.7. The maximum Gasteiger partial charge on any atom is 0.0535 e. The Hall–Kier alpha value is -0.860. The van der Waals surface area contributed by atoms with Crippen LogP contribution in [0.4, 0.5) is 0 Å². The van der Waals surface area contributed by atoms with Crippen LogP contribution in [-0.4, -0.2) is 26.3 Å². The van der Waals surface area contributed by atoms with Crippen LogP contribution >= 0.6 is 0 Å². The second kappa shape index (κ2) is 6.18. The molecule has 0 bridgehead atoms. The van der Waals surface area contributed by atoms with Crippen LogP contribution in [0.3, 0.4) is 0 Å². The van der Waals surface area contributed by atoms with Crippen LogP contribution in [0.15, 0.2) is 30.3 Å². The summed E-state index contributed by atoms with van der Waals surface area (Å²) in [5, 5.41) is 3.48. The van der Waals surface area contributed by atoms with Crippen molar-refractivity contribution >= 4 is 0 Å². The zero-order valence-corrected chi connectivity index (χ0v) is 10.7. The molecule has 0 unspecified atom stereocenters. The van der Waals surface area contributed by atoms with Crippen LogP contribution in [0.2, 0.25) is 0 Å². The van der Waals surface area contributed by atoms with Crippen molar-refractivity contribution in [3.05, 3.63) is 35.9 Å². The lowest BCUT2D eigenvalue weighted by atomic mass is 9.82. The number of aryl methyl sites for hydroxylation is 1. The molecule has 2 nitrogen and oxygen atoms in total. The van der Waals surface area contributed by atoms with Crippen LogP contribution in [0.25, 0.3) is 0 Å². The third-order valence-corrected chi connectivity index (χ3v) is 3.73. The molecule has 1 aromatic carbocycles. The standard InChI is InChI=1S/C15H23NO/c1-2-17-13-15(10-11-16-12-15)9-8-14-6-4-3-5-7-14/h3-7,16H,2,8-13H2,1H3/t15-/m1/s1. The number of benzene rings is 1. The Bertz CT molecular complexity index is 317. The second-order valence-corrected chi connectivity index (χ2v) is 5.05. The van der Waals surface area contributed by atoms with Gasteiger partial charge in [-0.15, -0.1) is 0 Å². The van der Waals surface area contributed by atoms with Gasteiger partial charge in [-0.1, -0.05) is 30.3 Å². The first-order valence-electron chi connectivity index (χ1n) is 6.67. The molecule has 0 aromatic heterocycles. The van der Waals surface area contributed by atoms with Crippen molar-refractivity contribution in [2.75, 3.05) is 26.3 Å². The van der Waals surface area contributed by atoms with Crippen molar-refractivity contribution in [3.8, 4) is 0 Å². The molecule has 1 aromatic rings. The van der Waals surface area contributed by atoms with Crippen molar-refractivity contribution < 1.29 is 4.74 Å². The molecule has 0 spiro atoms. The third-order valence-electron chi connectivity index (χ3n) is 3.73. The van der Waals surface area contributed by atoms with Crippen LogP contribution in [0.1, 0.15) is 25.3 Å². The molecule has 2 rings (SSSR count). The average Bonchev–Trinajstić information content (AvgIpc) is 2.85. The van der Waals surface area contributed by atoms with E-state index in [0.717, 1.165) is 32.7 Å². The van der Waals surface area contributed by atoms with Gasteiger partial charge in [0.1, 0.15) is 0 Å². The van der Waals surface area contributed by atoms with E-state index in [1.165, 1.54) is 18.4 Å². The molecule has 17 heavy (non-hydrogen) atoms. The van der Waals surface area contributed by atoms with Gasteiger partial charge in [-0.2, -0.15) is 0 Å². The number of ether oxygens (including phenoxy) is 1. The van der Waals surface area contributed by atoms with E-state index in [0.29, 0.717) is 5.41 Å². The van der Waals surface area contributed by atoms with Gasteiger partial charge in [0.05, 0.1) is 6.61 Å². The minimum absolute atomic E-state index is 0.367. The second-order valence-electron chi connectivity index (χ2n) is 5.05. The van der Waals surface area contributed by atoms with Gasteiger partial charge in [0.25, 0.3) is 0 Å². The Morgan fingerprint density at radius 1 is 1.29 bits per heavy atom. The van der Waals surface area contributed by atoms with Gasteiger partial charge in [-0.25, -0.2) is 0 Å². The summed E-state index contributed by atoms with van der Waals surface area (Å²) in [6.07, 6.45) is 3.64. The number of hydrogen-bond donors (Lipinski definition) is 1. The lowest BCUT2D eigenvalue weighted by Gasteiger charge is -2.27. The Kier molecular flexibility index (Phi) is 4.57. The first-order chi connectivity index (χ1) is 8.35. The molecule has 1 atom stereocenters. The Balaban J connectivity index is 1.89. The van der Waals surface area contributed by atoms with Crippen LogP contribution in [0.5, 0.6) is 0 Å². The SMILES string of the molecule is CCOC[C@]1(CCc2ccccc2)CCNC1. The highest BCUT2D eigenvalue weighted by Crippen LogP contribution is 2.31. The van der Waals surface area contributed by atoms with E-state index in [1.54, 1.807) is 0 Å². The summed E-state index contributed by atoms with van der Waals surface area (Å²) in [6.45, 7) is 6.06. The number of rotatable bonds is 6. The van der Waals surface area contributed by atoms with Crippen LogP contribution in [0, 0.1) is 5.41 Å². The van der Waals surface area contributed by atoms with E-state index in [-0.39, 0.29) is 0 Å². The van der Waals surface area contributed by atoms with E-state index < -0.39 is 0 Å². The van der Waals surface area contributed by atoms with Gasteiger partial charge in [0.15, 0.2) is 0 Å². The van der Waals surface area contributed by atoms with E-state index in [4.69, 9.17) is 4.74 Å². The fourth-order valence-electron chi connectivity index (χ4n) is 2.58. The Labute approximate surface area is 104 Å². The van der Waals surface area contributed by atoms with Gasteiger partial charge in [-0.3, -0.25) is 0 Å². The van der Waals surface area contributed by atoms with Gasteiger partial charge in [0.2, 0.25) is 0 Å². The smallest absolute Gasteiger partial charge is 0.0535 e. The van der Waals surface area contributed by atoms with Gasteiger partial charge in [-0.05, 0) is 38.3 Å². The lowest BCUT2D eigenvalue weighted by molar-refractivity contribution is 0.0563. The quantitative estimate of drug-likeness (QED) is 0.815. The minimum Gasteiger partial charge on any atom is -0.381 e. The maximum atomic E-state index is 5.67. The first-order valence-corrected chi connectivity index (χ1v) is 6.67. The molecule has 0 radical (unpaired) electrons. The summed E-state index contributed by atoms with van der Waals surface area (Å²) < 4.78 is 5.67. The summed E-state index contributed by atoms with van der Waals surface area (Å²) in [6, 6.07) is 10.8. The number of nitrogens with one attached hydrogen (secondary N) is 1. The highest BCUT2D eigenvalue weighted by atomic mass is 16.5. The molecule has 1 saturated heterocycles. The van der Waals surface area contributed by atoms with E-state index in [1.807, 2.05) is 0 Å². The van der Waals surface area contributed by atoms with Crippen molar-refractivity contribution in [1.29, 1.82) is 0 Å². The highest BCUT2D eigenvalue weighted by Gasteiger charge is 2.33. The summed E-state index contributed by atoms with van der Waals surface area (Å²) in [5.74, 6) is 0. The maximum absolute atomic E-state index is 5.67. The van der Waals surface area contributed by atoms with Crippen molar-refractivity contribution in [2.24, 2.45) is 5.41 Å². The summed E-state index contributed by atoms with van der Waals surface area (Å²) in [7, 11) is 0. The normalized spacial score (nSPS) is 24.1. The van der Waals surface area contributed by atoms with Crippen molar-refractivity contribution in [1.82, 2.24) is 5.32 Å². The summed E-state index contributed by atoms with van der Waals surface area (Å²) >= 11 is 0. The predicted octanol–water partition coefficient (Wildman–Crippen LogP) is 2.64. The molecule has 2 heteroatoms. The molecule has 94 valence electrons. The monoisotopic (exact) mass is 233 g/mol. The molecule has 1 aliphatic rings. The zero-order chi connectivity index (χ0) is 12.0. The van der Waals surface area contributed by atoms with E-state index in [2.05, 4.69) is 42.6 Å². The summed E-state index contributed by atoms with van der Waals surface area (Å²) in [5.41, 5.74) is 1.81. The molecule has 1 N–H and O–H groups in total.